The summed E-state index contributed by atoms with van der Waals surface area (Å²) in [5.41, 5.74) is 0.626. The highest BCUT2D eigenvalue weighted by Gasteiger charge is 2.04. The molecule has 2 aromatic carbocycles. The monoisotopic (exact) mass is 287 g/mol. The number of para-hydroxylation sites is 1. The van der Waals surface area contributed by atoms with Crippen LogP contribution in [0.5, 0.6) is 5.75 Å². The number of carbonyl (C=O) groups is 1. The van der Waals surface area contributed by atoms with Crippen molar-refractivity contribution in [3.8, 4) is 5.75 Å². The van der Waals surface area contributed by atoms with E-state index < -0.39 is 0 Å². The molecule has 2 rings (SSSR count). The van der Waals surface area contributed by atoms with Gasteiger partial charge in [0.15, 0.2) is 0 Å². The Balaban J connectivity index is 1.67. The van der Waals surface area contributed by atoms with E-state index >= 15 is 0 Å². The van der Waals surface area contributed by atoms with E-state index in [-0.39, 0.29) is 5.91 Å². The summed E-state index contributed by atoms with van der Waals surface area (Å²) in [7, 11) is 0. The smallest absolute Gasteiger partial charge is 0.251 e. The molecule has 0 unspecified atom stereocenters. The second-order valence-corrected chi connectivity index (χ2v) is 4.84. The molecule has 0 bridgehead atoms. The quantitative estimate of drug-likeness (QED) is 0.632. The van der Waals surface area contributed by atoms with Crippen LogP contribution in [0.3, 0.4) is 0 Å². The minimum atomic E-state index is -0.0828. The normalized spacial score (nSPS) is 10.1. The highest BCUT2D eigenvalue weighted by molar-refractivity contribution is 7.80. The van der Waals surface area contributed by atoms with Gasteiger partial charge in [-0.1, -0.05) is 24.3 Å². The first kappa shape index (κ1) is 14.5. The zero-order valence-electron chi connectivity index (χ0n) is 11.1. The van der Waals surface area contributed by atoms with Crippen molar-refractivity contribution < 1.29 is 9.53 Å². The fourth-order valence-corrected chi connectivity index (χ4v) is 1.96. The summed E-state index contributed by atoms with van der Waals surface area (Å²) < 4.78 is 5.55. The molecule has 0 saturated carbocycles. The molecule has 1 N–H and O–H groups in total. The van der Waals surface area contributed by atoms with Gasteiger partial charge in [-0.3, -0.25) is 4.79 Å². The lowest BCUT2D eigenvalue weighted by molar-refractivity contribution is 0.0951. The first-order chi connectivity index (χ1) is 9.75. The number of amides is 1. The van der Waals surface area contributed by atoms with Gasteiger partial charge in [0.1, 0.15) is 5.75 Å². The Bertz CT molecular complexity index is 557. The number of carbonyl (C=O) groups excluding carboxylic acids is 1. The molecule has 0 aliphatic rings. The Morgan fingerprint density at radius 1 is 1.10 bits per heavy atom. The van der Waals surface area contributed by atoms with E-state index in [0.717, 1.165) is 17.1 Å². The van der Waals surface area contributed by atoms with Crippen LogP contribution in [0.25, 0.3) is 0 Å². The summed E-state index contributed by atoms with van der Waals surface area (Å²) >= 11 is 4.21. The Kier molecular flexibility index (Phi) is 5.50. The molecule has 0 aromatic heterocycles. The van der Waals surface area contributed by atoms with Crippen molar-refractivity contribution in [2.75, 3.05) is 13.2 Å². The van der Waals surface area contributed by atoms with Gasteiger partial charge >= 0.3 is 0 Å². The Hall–Kier alpha value is -1.94. The van der Waals surface area contributed by atoms with Gasteiger partial charge in [0.05, 0.1) is 6.61 Å². The van der Waals surface area contributed by atoms with Gasteiger partial charge in [0, 0.05) is 17.0 Å². The van der Waals surface area contributed by atoms with E-state index in [1.165, 1.54) is 0 Å². The molecule has 0 spiro atoms. The van der Waals surface area contributed by atoms with Crippen molar-refractivity contribution >= 4 is 18.5 Å². The standard InChI is InChI=1S/C16H17NO2S/c18-16(13-6-4-9-15(20)12-13)17-10-5-11-19-14-7-2-1-3-8-14/h1-4,6-9,12,20H,5,10-11H2,(H,17,18). The molecule has 2 aromatic rings. The number of benzene rings is 2. The van der Waals surface area contributed by atoms with E-state index in [1.54, 1.807) is 12.1 Å². The summed E-state index contributed by atoms with van der Waals surface area (Å²) in [6.45, 7) is 1.17. The van der Waals surface area contributed by atoms with Crippen molar-refractivity contribution in [2.24, 2.45) is 0 Å². The van der Waals surface area contributed by atoms with Gasteiger partial charge < -0.3 is 10.1 Å². The fraction of sp³-hybridized carbons (Fsp3) is 0.188. The van der Waals surface area contributed by atoms with Crippen LogP contribution in [0.4, 0.5) is 0 Å². The van der Waals surface area contributed by atoms with Gasteiger partial charge in [0.25, 0.3) is 5.91 Å². The molecular weight excluding hydrogens is 270 g/mol. The average molecular weight is 287 g/mol. The van der Waals surface area contributed by atoms with Crippen molar-refractivity contribution in [2.45, 2.75) is 11.3 Å². The lowest BCUT2D eigenvalue weighted by Gasteiger charge is -2.07. The van der Waals surface area contributed by atoms with Crippen LogP contribution in [-0.4, -0.2) is 19.1 Å². The second-order valence-electron chi connectivity index (χ2n) is 4.32. The molecule has 0 aliphatic heterocycles. The fourth-order valence-electron chi connectivity index (χ4n) is 1.73. The summed E-state index contributed by atoms with van der Waals surface area (Å²) in [5, 5.41) is 2.86. The predicted octanol–water partition coefficient (Wildman–Crippen LogP) is 3.17. The minimum absolute atomic E-state index is 0.0828. The van der Waals surface area contributed by atoms with Crippen molar-refractivity contribution in [3.05, 3.63) is 60.2 Å². The predicted molar refractivity (Wildman–Crippen MR) is 82.6 cm³/mol. The molecule has 0 fully saturated rings. The van der Waals surface area contributed by atoms with E-state index in [1.807, 2.05) is 42.5 Å². The summed E-state index contributed by atoms with van der Waals surface area (Å²) in [6.07, 6.45) is 0.765. The zero-order chi connectivity index (χ0) is 14.2. The molecule has 0 heterocycles. The first-order valence-electron chi connectivity index (χ1n) is 6.51. The van der Waals surface area contributed by atoms with Gasteiger partial charge in [-0.2, -0.15) is 0 Å². The third kappa shape index (κ3) is 4.63. The maximum absolute atomic E-state index is 11.8. The molecule has 0 atom stereocenters. The maximum Gasteiger partial charge on any atom is 0.251 e. The van der Waals surface area contributed by atoms with Crippen LogP contribution >= 0.6 is 12.6 Å². The van der Waals surface area contributed by atoms with E-state index in [0.29, 0.717) is 18.7 Å². The number of rotatable bonds is 6. The van der Waals surface area contributed by atoms with Crippen molar-refractivity contribution in [3.63, 3.8) is 0 Å². The number of hydrogen-bond acceptors (Lipinski definition) is 3. The molecule has 20 heavy (non-hydrogen) atoms. The molecule has 104 valence electrons. The van der Waals surface area contributed by atoms with Gasteiger partial charge in [-0.05, 0) is 36.8 Å². The van der Waals surface area contributed by atoms with Crippen LogP contribution in [0.2, 0.25) is 0 Å². The van der Waals surface area contributed by atoms with Gasteiger partial charge in [0.2, 0.25) is 0 Å². The number of hydrogen-bond donors (Lipinski definition) is 2. The maximum atomic E-state index is 11.8. The summed E-state index contributed by atoms with van der Waals surface area (Å²) in [4.78, 5) is 12.6. The lowest BCUT2D eigenvalue weighted by Crippen LogP contribution is -2.25. The molecule has 1 amide bonds. The third-order valence-corrected chi connectivity index (χ3v) is 3.01. The largest absolute Gasteiger partial charge is 0.494 e. The zero-order valence-corrected chi connectivity index (χ0v) is 12.0. The molecule has 0 aliphatic carbocycles. The Morgan fingerprint density at radius 3 is 2.65 bits per heavy atom. The van der Waals surface area contributed by atoms with E-state index in [2.05, 4.69) is 17.9 Å². The Labute approximate surface area is 124 Å². The first-order valence-corrected chi connectivity index (χ1v) is 6.95. The van der Waals surface area contributed by atoms with Crippen LogP contribution in [0.15, 0.2) is 59.5 Å². The van der Waals surface area contributed by atoms with Crippen LogP contribution in [0, 0.1) is 0 Å². The lowest BCUT2D eigenvalue weighted by atomic mass is 10.2. The van der Waals surface area contributed by atoms with Crippen molar-refractivity contribution in [1.29, 1.82) is 0 Å². The van der Waals surface area contributed by atoms with Crippen LogP contribution in [-0.2, 0) is 0 Å². The molecule has 0 saturated heterocycles. The van der Waals surface area contributed by atoms with Crippen molar-refractivity contribution in [1.82, 2.24) is 5.32 Å². The average Bonchev–Trinajstić information content (AvgIpc) is 2.48. The number of nitrogens with one attached hydrogen (secondary N) is 1. The highest BCUT2D eigenvalue weighted by Crippen LogP contribution is 2.09. The van der Waals surface area contributed by atoms with E-state index in [4.69, 9.17) is 4.74 Å². The number of ether oxygens (including phenoxy) is 1. The third-order valence-electron chi connectivity index (χ3n) is 2.73. The number of thiol groups is 1. The SMILES string of the molecule is O=C(NCCCOc1ccccc1)c1cccc(S)c1. The van der Waals surface area contributed by atoms with Gasteiger partial charge in [-0.15, -0.1) is 12.6 Å². The highest BCUT2D eigenvalue weighted by atomic mass is 32.1. The molecular formula is C16H17NO2S. The molecule has 0 radical (unpaired) electrons. The second kappa shape index (κ2) is 7.60. The molecule has 3 nitrogen and oxygen atoms in total. The Morgan fingerprint density at radius 2 is 1.90 bits per heavy atom. The summed E-state index contributed by atoms with van der Waals surface area (Å²) in [5.74, 6) is 0.766. The van der Waals surface area contributed by atoms with E-state index in [9.17, 15) is 4.79 Å². The topological polar surface area (TPSA) is 38.3 Å². The van der Waals surface area contributed by atoms with Crippen LogP contribution < -0.4 is 10.1 Å². The summed E-state index contributed by atoms with van der Waals surface area (Å²) in [6, 6.07) is 16.8. The molecule has 4 heteroatoms. The van der Waals surface area contributed by atoms with Crippen LogP contribution in [0.1, 0.15) is 16.8 Å². The minimum Gasteiger partial charge on any atom is -0.494 e. The van der Waals surface area contributed by atoms with Gasteiger partial charge in [-0.25, -0.2) is 0 Å².